The molecule has 0 aliphatic heterocycles. The third-order valence-electron chi connectivity index (χ3n) is 3.51. The molecule has 0 saturated heterocycles. The number of sulfone groups is 1. The van der Waals surface area contributed by atoms with Gasteiger partial charge in [-0.15, -0.1) is 11.3 Å². The first-order valence-corrected chi connectivity index (χ1v) is 9.71. The van der Waals surface area contributed by atoms with E-state index in [0.717, 1.165) is 18.5 Å². The van der Waals surface area contributed by atoms with Gasteiger partial charge in [0.05, 0.1) is 4.90 Å². The van der Waals surface area contributed by atoms with Crippen LogP contribution in [0.4, 0.5) is 0 Å². The van der Waals surface area contributed by atoms with E-state index >= 15 is 0 Å². The summed E-state index contributed by atoms with van der Waals surface area (Å²) in [4.78, 5) is 1.75. The highest BCUT2D eigenvalue weighted by Gasteiger charge is 2.09. The van der Waals surface area contributed by atoms with E-state index in [1.54, 1.807) is 23.5 Å². The summed E-state index contributed by atoms with van der Waals surface area (Å²) in [6, 6.07) is 9.62. The zero-order valence-corrected chi connectivity index (χ0v) is 14.2. The Morgan fingerprint density at radius 1 is 1.19 bits per heavy atom. The number of benzene rings is 1. The van der Waals surface area contributed by atoms with Gasteiger partial charge < -0.3 is 5.32 Å². The van der Waals surface area contributed by atoms with Gasteiger partial charge in [0.25, 0.3) is 0 Å². The highest BCUT2D eigenvalue weighted by atomic mass is 32.2. The average molecular weight is 323 g/mol. The van der Waals surface area contributed by atoms with Crippen molar-refractivity contribution in [3.63, 3.8) is 0 Å². The summed E-state index contributed by atoms with van der Waals surface area (Å²) in [7, 11) is -3.10. The van der Waals surface area contributed by atoms with Crippen LogP contribution >= 0.6 is 11.3 Å². The predicted molar refractivity (Wildman–Crippen MR) is 88.7 cm³/mol. The maximum atomic E-state index is 11.4. The molecule has 1 heterocycles. The number of thiophene rings is 1. The molecule has 0 amide bonds. The van der Waals surface area contributed by atoms with Gasteiger partial charge in [0.15, 0.2) is 9.84 Å². The van der Waals surface area contributed by atoms with Crippen LogP contribution in [0, 0.1) is 6.92 Å². The molecule has 0 aliphatic rings. The van der Waals surface area contributed by atoms with Crippen LogP contribution in [0.25, 0.3) is 0 Å². The Balaban J connectivity index is 1.88. The van der Waals surface area contributed by atoms with E-state index in [0.29, 0.717) is 10.9 Å². The van der Waals surface area contributed by atoms with Gasteiger partial charge in [-0.2, -0.15) is 0 Å². The first-order valence-electron chi connectivity index (χ1n) is 6.94. The first kappa shape index (κ1) is 16.2. The minimum absolute atomic E-state index is 0.347. The van der Waals surface area contributed by atoms with Crippen LogP contribution in [0.2, 0.25) is 0 Å². The molecule has 0 radical (unpaired) electrons. The molecule has 0 fully saturated rings. The van der Waals surface area contributed by atoms with Crippen molar-refractivity contribution >= 4 is 21.2 Å². The van der Waals surface area contributed by atoms with Crippen molar-refractivity contribution in [2.75, 3.05) is 12.8 Å². The topological polar surface area (TPSA) is 46.2 Å². The van der Waals surface area contributed by atoms with Crippen LogP contribution in [-0.2, 0) is 16.3 Å². The molecule has 0 unspecified atom stereocenters. The lowest BCUT2D eigenvalue weighted by molar-refractivity contribution is 0.582. The monoisotopic (exact) mass is 323 g/mol. The van der Waals surface area contributed by atoms with Crippen molar-refractivity contribution in [2.24, 2.45) is 0 Å². The second kappa shape index (κ2) is 6.73. The molecule has 3 nitrogen and oxygen atoms in total. The van der Waals surface area contributed by atoms with Crippen LogP contribution in [0.5, 0.6) is 0 Å². The van der Waals surface area contributed by atoms with Crippen molar-refractivity contribution in [1.29, 1.82) is 0 Å². The summed E-state index contributed by atoms with van der Waals surface area (Å²) in [6.45, 7) is 5.18. The van der Waals surface area contributed by atoms with Crippen molar-refractivity contribution in [1.82, 2.24) is 5.32 Å². The maximum absolute atomic E-state index is 11.4. The Bertz CT molecular complexity index is 687. The van der Waals surface area contributed by atoms with Crippen LogP contribution in [-0.4, -0.2) is 21.2 Å². The molecular formula is C16H21NO2S2. The normalized spacial score (nSPS) is 13.3. The minimum atomic E-state index is -3.10. The van der Waals surface area contributed by atoms with E-state index in [1.807, 2.05) is 12.1 Å². The molecule has 1 aromatic heterocycles. The Kier molecular flexibility index (Phi) is 5.19. The summed E-state index contributed by atoms with van der Waals surface area (Å²) in [5, 5.41) is 5.63. The van der Waals surface area contributed by atoms with Gasteiger partial charge in [-0.3, -0.25) is 0 Å². The Hall–Kier alpha value is -1.17. The average Bonchev–Trinajstić information content (AvgIpc) is 2.84. The van der Waals surface area contributed by atoms with Crippen LogP contribution in [0.1, 0.15) is 29.0 Å². The summed E-state index contributed by atoms with van der Waals surface area (Å²) in [5.74, 6) is 0. The third kappa shape index (κ3) is 4.40. The summed E-state index contributed by atoms with van der Waals surface area (Å²) >= 11 is 1.78. The first-order chi connectivity index (χ1) is 9.88. The molecule has 5 heteroatoms. The van der Waals surface area contributed by atoms with Crippen molar-refractivity contribution < 1.29 is 8.42 Å². The molecule has 1 N–H and O–H groups in total. The zero-order chi connectivity index (χ0) is 15.5. The van der Waals surface area contributed by atoms with E-state index in [2.05, 4.69) is 30.6 Å². The Labute approximate surface area is 130 Å². The van der Waals surface area contributed by atoms with Crippen molar-refractivity contribution in [3.05, 3.63) is 51.7 Å². The van der Waals surface area contributed by atoms with E-state index in [4.69, 9.17) is 0 Å². The van der Waals surface area contributed by atoms with Gasteiger partial charge in [0.2, 0.25) is 0 Å². The standard InChI is InChI=1S/C16H21NO2S2/c1-12-9-11-20-16(12)13(2)17-10-8-14-4-6-15(7-5-14)21(3,18)19/h4-7,9,11,13,17H,8,10H2,1-3H3/t13-/m0/s1. The summed E-state index contributed by atoms with van der Waals surface area (Å²) in [5.41, 5.74) is 2.47. The number of aryl methyl sites for hydroxylation is 1. The summed E-state index contributed by atoms with van der Waals surface area (Å²) in [6.07, 6.45) is 2.12. The fourth-order valence-corrected chi connectivity index (χ4v) is 3.85. The highest BCUT2D eigenvalue weighted by molar-refractivity contribution is 7.90. The lowest BCUT2D eigenvalue weighted by Gasteiger charge is -2.13. The molecule has 1 atom stereocenters. The number of rotatable bonds is 6. The van der Waals surface area contributed by atoms with Gasteiger partial charge in [-0.25, -0.2) is 8.42 Å². The molecule has 0 spiro atoms. The van der Waals surface area contributed by atoms with E-state index in [1.165, 1.54) is 16.7 Å². The Morgan fingerprint density at radius 2 is 1.86 bits per heavy atom. The SMILES string of the molecule is Cc1ccsc1[C@H](C)NCCc1ccc(S(C)(=O)=O)cc1. The van der Waals surface area contributed by atoms with Crippen molar-refractivity contribution in [3.8, 4) is 0 Å². The molecule has 0 bridgehead atoms. The van der Waals surface area contributed by atoms with Gasteiger partial charge in [0, 0.05) is 17.2 Å². The van der Waals surface area contributed by atoms with Crippen LogP contribution in [0.15, 0.2) is 40.6 Å². The van der Waals surface area contributed by atoms with Crippen LogP contribution < -0.4 is 5.32 Å². The van der Waals surface area contributed by atoms with E-state index in [9.17, 15) is 8.42 Å². The van der Waals surface area contributed by atoms with Crippen LogP contribution in [0.3, 0.4) is 0 Å². The molecular weight excluding hydrogens is 302 g/mol. The molecule has 2 rings (SSSR count). The van der Waals surface area contributed by atoms with E-state index < -0.39 is 9.84 Å². The molecule has 1 aromatic carbocycles. The molecule has 0 saturated carbocycles. The van der Waals surface area contributed by atoms with Crippen molar-refractivity contribution in [2.45, 2.75) is 31.2 Å². The zero-order valence-electron chi connectivity index (χ0n) is 12.6. The second-order valence-corrected chi connectivity index (χ2v) is 8.27. The maximum Gasteiger partial charge on any atom is 0.175 e. The summed E-state index contributed by atoms with van der Waals surface area (Å²) < 4.78 is 22.8. The number of hydrogen-bond donors (Lipinski definition) is 1. The predicted octanol–water partition coefficient (Wildman–Crippen LogP) is 3.35. The molecule has 2 aromatic rings. The smallest absolute Gasteiger partial charge is 0.175 e. The number of nitrogens with one attached hydrogen (secondary N) is 1. The molecule has 21 heavy (non-hydrogen) atoms. The second-order valence-electron chi connectivity index (χ2n) is 5.31. The third-order valence-corrected chi connectivity index (χ3v) is 5.84. The van der Waals surface area contributed by atoms with Gasteiger partial charge in [-0.1, -0.05) is 12.1 Å². The molecule has 114 valence electrons. The van der Waals surface area contributed by atoms with Gasteiger partial charge in [-0.05, 0) is 61.5 Å². The fourth-order valence-electron chi connectivity index (χ4n) is 2.26. The lowest BCUT2D eigenvalue weighted by atomic mass is 10.1. The van der Waals surface area contributed by atoms with Gasteiger partial charge in [0.1, 0.15) is 0 Å². The Morgan fingerprint density at radius 3 is 2.38 bits per heavy atom. The number of hydrogen-bond acceptors (Lipinski definition) is 4. The lowest BCUT2D eigenvalue weighted by Crippen LogP contribution is -2.21. The fraction of sp³-hybridized carbons (Fsp3) is 0.375. The van der Waals surface area contributed by atoms with Gasteiger partial charge >= 0.3 is 0 Å². The largest absolute Gasteiger partial charge is 0.309 e. The van der Waals surface area contributed by atoms with E-state index in [-0.39, 0.29) is 0 Å². The quantitative estimate of drug-likeness (QED) is 0.887. The minimum Gasteiger partial charge on any atom is -0.309 e. The molecule has 0 aliphatic carbocycles. The highest BCUT2D eigenvalue weighted by Crippen LogP contribution is 2.23.